The van der Waals surface area contributed by atoms with Crippen molar-refractivity contribution in [2.24, 2.45) is 0 Å². The standard InChI is InChI=1S/C18H19FO2/c19-17-8-4-3-7-16(17)18(20)12-21-15-10-9-13-5-1-2-6-14(13)11-15/h3-4,7-11,18,20H,1-2,5-6,12H2. The Kier molecular flexibility index (Phi) is 4.20. The first kappa shape index (κ1) is 14.1. The van der Waals surface area contributed by atoms with Crippen LogP contribution in [0.5, 0.6) is 5.75 Å². The van der Waals surface area contributed by atoms with E-state index in [1.54, 1.807) is 18.2 Å². The number of aryl methyl sites for hydroxylation is 2. The third kappa shape index (κ3) is 3.24. The summed E-state index contributed by atoms with van der Waals surface area (Å²) in [5, 5.41) is 10.0. The van der Waals surface area contributed by atoms with E-state index in [1.807, 2.05) is 12.1 Å². The number of aliphatic hydroxyl groups is 1. The van der Waals surface area contributed by atoms with Crippen LogP contribution < -0.4 is 4.74 Å². The Morgan fingerprint density at radius 2 is 1.81 bits per heavy atom. The van der Waals surface area contributed by atoms with Crippen molar-refractivity contribution in [1.29, 1.82) is 0 Å². The highest BCUT2D eigenvalue weighted by Gasteiger charge is 2.14. The minimum atomic E-state index is -0.956. The molecule has 0 fully saturated rings. The van der Waals surface area contributed by atoms with Crippen LogP contribution in [0.2, 0.25) is 0 Å². The number of halogens is 1. The Morgan fingerprint density at radius 3 is 2.62 bits per heavy atom. The Labute approximate surface area is 124 Å². The van der Waals surface area contributed by atoms with Gasteiger partial charge in [0.15, 0.2) is 0 Å². The lowest BCUT2D eigenvalue weighted by atomic mass is 9.92. The molecule has 1 atom stereocenters. The molecule has 0 spiro atoms. The Hall–Kier alpha value is -1.87. The molecular formula is C18H19FO2. The largest absolute Gasteiger partial charge is 0.491 e. The molecule has 0 bridgehead atoms. The molecule has 0 aliphatic heterocycles. The smallest absolute Gasteiger partial charge is 0.129 e. The van der Waals surface area contributed by atoms with Gasteiger partial charge in [0.2, 0.25) is 0 Å². The van der Waals surface area contributed by atoms with Gasteiger partial charge in [-0.25, -0.2) is 4.39 Å². The Bertz CT molecular complexity index is 624. The van der Waals surface area contributed by atoms with E-state index in [0.29, 0.717) is 0 Å². The summed E-state index contributed by atoms with van der Waals surface area (Å²) in [5.74, 6) is 0.338. The van der Waals surface area contributed by atoms with Gasteiger partial charge in [-0.3, -0.25) is 0 Å². The van der Waals surface area contributed by atoms with Gasteiger partial charge in [-0.15, -0.1) is 0 Å². The van der Waals surface area contributed by atoms with Gasteiger partial charge < -0.3 is 9.84 Å². The van der Waals surface area contributed by atoms with Gasteiger partial charge in [0.05, 0.1) is 0 Å². The molecule has 2 aromatic rings. The molecule has 1 aliphatic rings. The van der Waals surface area contributed by atoms with Gasteiger partial charge in [0.25, 0.3) is 0 Å². The summed E-state index contributed by atoms with van der Waals surface area (Å²) in [4.78, 5) is 0. The van der Waals surface area contributed by atoms with E-state index in [-0.39, 0.29) is 12.2 Å². The van der Waals surface area contributed by atoms with Gasteiger partial charge >= 0.3 is 0 Å². The van der Waals surface area contributed by atoms with Crippen molar-refractivity contribution in [3.63, 3.8) is 0 Å². The van der Waals surface area contributed by atoms with Gasteiger partial charge in [0.1, 0.15) is 24.3 Å². The van der Waals surface area contributed by atoms with Crippen molar-refractivity contribution >= 4 is 0 Å². The molecule has 0 saturated carbocycles. The maximum absolute atomic E-state index is 13.6. The summed E-state index contributed by atoms with van der Waals surface area (Å²) in [5.41, 5.74) is 3.00. The topological polar surface area (TPSA) is 29.5 Å². The van der Waals surface area contributed by atoms with Crippen molar-refractivity contribution < 1.29 is 14.2 Å². The first-order valence-corrected chi connectivity index (χ1v) is 7.41. The minimum Gasteiger partial charge on any atom is -0.491 e. The summed E-state index contributed by atoms with van der Waals surface area (Å²) in [6.07, 6.45) is 3.73. The van der Waals surface area contributed by atoms with E-state index in [9.17, 15) is 9.50 Å². The third-order valence-electron chi connectivity index (χ3n) is 3.99. The van der Waals surface area contributed by atoms with Gasteiger partial charge in [-0.05, 0) is 55.0 Å². The van der Waals surface area contributed by atoms with Crippen molar-refractivity contribution in [3.8, 4) is 5.75 Å². The molecule has 21 heavy (non-hydrogen) atoms. The van der Waals surface area contributed by atoms with Crippen LogP contribution in [-0.2, 0) is 12.8 Å². The molecule has 110 valence electrons. The third-order valence-corrected chi connectivity index (χ3v) is 3.99. The average molecular weight is 286 g/mol. The average Bonchev–Trinajstić information content (AvgIpc) is 2.53. The van der Waals surface area contributed by atoms with Crippen LogP contribution >= 0.6 is 0 Å². The molecule has 0 radical (unpaired) electrons. The number of benzene rings is 2. The quantitative estimate of drug-likeness (QED) is 0.926. The Balaban J connectivity index is 1.66. The molecule has 2 aromatic carbocycles. The lowest BCUT2D eigenvalue weighted by molar-refractivity contribution is 0.105. The normalized spacial score (nSPS) is 15.3. The van der Waals surface area contributed by atoms with E-state index in [0.717, 1.165) is 18.6 Å². The Morgan fingerprint density at radius 1 is 1.05 bits per heavy atom. The predicted octanol–water partition coefficient (Wildman–Crippen LogP) is 3.82. The van der Waals surface area contributed by atoms with Gasteiger partial charge in [0, 0.05) is 5.56 Å². The molecule has 3 rings (SSSR count). The molecule has 0 aromatic heterocycles. The number of aliphatic hydroxyl groups excluding tert-OH is 1. The molecule has 0 saturated heterocycles. The van der Waals surface area contributed by atoms with Crippen molar-refractivity contribution in [3.05, 3.63) is 65.0 Å². The first-order chi connectivity index (χ1) is 10.2. The SMILES string of the molecule is OC(COc1ccc2c(c1)CCCC2)c1ccccc1F. The second kappa shape index (κ2) is 6.27. The summed E-state index contributed by atoms with van der Waals surface area (Å²) >= 11 is 0. The zero-order valence-electron chi connectivity index (χ0n) is 11.9. The molecule has 0 heterocycles. The zero-order chi connectivity index (χ0) is 14.7. The van der Waals surface area contributed by atoms with Crippen LogP contribution in [-0.4, -0.2) is 11.7 Å². The highest BCUT2D eigenvalue weighted by molar-refractivity contribution is 5.37. The molecular weight excluding hydrogens is 267 g/mol. The van der Waals surface area contributed by atoms with Crippen LogP contribution in [0, 0.1) is 5.82 Å². The van der Waals surface area contributed by atoms with Crippen molar-refractivity contribution in [2.75, 3.05) is 6.61 Å². The molecule has 3 heteroatoms. The fraction of sp³-hybridized carbons (Fsp3) is 0.333. The van der Waals surface area contributed by atoms with E-state index < -0.39 is 11.9 Å². The van der Waals surface area contributed by atoms with Crippen LogP contribution in [0.3, 0.4) is 0 Å². The van der Waals surface area contributed by atoms with Crippen LogP contribution in [0.1, 0.15) is 35.6 Å². The minimum absolute atomic E-state index is 0.0553. The van der Waals surface area contributed by atoms with E-state index in [2.05, 4.69) is 6.07 Å². The van der Waals surface area contributed by atoms with Crippen molar-refractivity contribution in [2.45, 2.75) is 31.8 Å². The number of ether oxygens (including phenoxy) is 1. The van der Waals surface area contributed by atoms with E-state index in [4.69, 9.17) is 4.74 Å². The number of rotatable bonds is 4. The van der Waals surface area contributed by atoms with Crippen molar-refractivity contribution in [1.82, 2.24) is 0 Å². The number of hydrogen-bond acceptors (Lipinski definition) is 2. The predicted molar refractivity (Wildman–Crippen MR) is 79.9 cm³/mol. The molecule has 1 unspecified atom stereocenters. The highest BCUT2D eigenvalue weighted by Crippen LogP contribution is 2.26. The van der Waals surface area contributed by atoms with Crippen LogP contribution in [0.4, 0.5) is 4.39 Å². The molecule has 0 amide bonds. The lowest BCUT2D eigenvalue weighted by Gasteiger charge is -2.18. The number of fused-ring (bicyclic) bond motifs is 1. The highest BCUT2D eigenvalue weighted by atomic mass is 19.1. The maximum atomic E-state index is 13.6. The molecule has 1 aliphatic carbocycles. The lowest BCUT2D eigenvalue weighted by Crippen LogP contribution is -2.11. The van der Waals surface area contributed by atoms with Gasteiger partial charge in [-0.2, -0.15) is 0 Å². The second-order valence-electron chi connectivity index (χ2n) is 5.49. The molecule has 1 N–H and O–H groups in total. The van der Waals surface area contributed by atoms with Crippen LogP contribution in [0.25, 0.3) is 0 Å². The first-order valence-electron chi connectivity index (χ1n) is 7.41. The van der Waals surface area contributed by atoms with E-state index in [1.165, 1.54) is 30.0 Å². The monoisotopic (exact) mass is 286 g/mol. The summed E-state index contributed by atoms with van der Waals surface area (Å²) in [6, 6.07) is 12.3. The summed E-state index contributed by atoms with van der Waals surface area (Å²) in [6.45, 7) is 0.0553. The second-order valence-corrected chi connectivity index (χ2v) is 5.49. The van der Waals surface area contributed by atoms with Gasteiger partial charge in [-0.1, -0.05) is 24.3 Å². The maximum Gasteiger partial charge on any atom is 0.129 e. The fourth-order valence-corrected chi connectivity index (χ4v) is 2.81. The summed E-state index contributed by atoms with van der Waals surface area (Å²) in [7, 11) is 0. The van der Waals surface area contributed by atoms with Crippen LogP contribution in [0.15, 0.2) is 42.5 Å². The van der Waals surface area contributed by atoms with E-state index >= 15 is 0 Å². The fourth-order valence-electron chi connectivity index (χ4n) is 2.81. The summed E-state index contributed by atoms with van der Waals surface area (Å²) < 4.78 is 19.2. The number of hydrogen-bond donors (Lipinski definition) is 1. The zero-order valence-corrected chi connectivity index (χ0v) is 11.9. The molecule has 2 nitrogen and oxygen atoms in total.